The molecule has 2 rings (SSSR count). The maximum atomic E-state index is 13.4. The third-order valence-electron chi connectivity index (χ3n) is 2.50. The molecule has 1 aromatic carbocycles. The van der Waals surface area contributed by atoms with Crippen LogP contribution in [0.5, 0.6) is 0 Å². The SMILES string of the molecule is Cc1ccc(C(=O)OCC2CSC2)c(F)c1. The molecule has 0 bridgehead atoms. The highest BCUT2D eigenvalue weighted by Gasteiger charge is 2.21. The summed E-state index contributed by atoms with van der Waals surface area (Å²) in [5, 5.41) is 0. The number of esters is 1. The third kappa shape index (κ3) is 2.55. The topological polar surface area (TPSA) is 26.3 Å². The molecule has 4 heteroatoms. The molecule has 1 aliphatic rings. The molecule has 0 radical (unpaired) electrons. The Kier molecular flexibility index (Phi) is 3.49. The van der Waals surface area contributed by atoms with E-state index in [9.17, 15) is 9.18 Å². The van der Waals surface area contributed by atoms with Gasteiger partial charge in [-0.25, -0.2) is 9.18 Å². The number of ether oxygens (including phenoxy) is 1. The van der Waals surface area contributed by atoms with E-state index in [0.29, 0.717) is 12.5 Å². The summed E-state index contributed by atoms with van der Waals surface area (Å²) in [5.74, 6) is 1.44. The Balaban J connectivity index is 1.96. The lowest BCUT2D eigenvalue weighted by atomic mass is 10.1. The number of rotatable bonds is 3. The Hall–Kier alpha value is -1.03. The van der Waals surface area contributed by atoms with Gasteiger partial charge in [-0.3, -0.25) is 0 Å². The maximum absolute atomic E-state index is 13.4. The number of benzene rings is 1. The molecular weight excluding hydrogens is 227 g/mol. The van der Waals surface area contributed by atoms with Crippen molar-refractivity contribution in [2.75, 3.05) is 18.1 Å². The van der Waals surface area contributed by atoms with E-state index in [1.807, 2.05) is 11.8 Å². The molecule has 0 amide bonds. The normalized spacial score (nSPS) is 15.6. The number of carbonyl (C=O) groups excluding carboxylic acids is 1. The zero-order chi connectivity index (χ0) is 11.5. The molecule has 0 aliphatic carbocycles. The van der Waals surface area contributed by atoms with Gasteiger partial charge in [0.05, 0.1) is 12.2 Å². The van der Waals surface area contributed by atoms with Gasteiger partial charge in [-0.1, -0.05) is 6.07 Å². The van der Waals surface area contributed by atoms with Gasteiger partial charge in [-0.15, -0.1) is 0 Å². The van der Waals surface area contributed by atoms with E-state index in [-0.39, 0.29) is 5.56 Å². The van der Waals surface area contributed by atoms with Gasteiger partial charge < -0.3 is 4.74 Å². The number of hydrogen-bond donors (Lipinski definition) is 0. The molecule has 0 saturated carbocycles. The first-order valence-corrected chi connectivity index (χ1v) is 6.33. The number of hydrogen-bond acceptors (Lipinski definition) is 3. The monoisotopic (exact) mass is 240 g/mol. The molecule has 0 spiro atoms. The fourth-order valence-corrected chi connectivity index (χ4v) is 2.20. The van der Waals surface area contributed by atoms with Gasteiger partial charge >= 0.3 is 5.97 Å². The zero-order valence-corrected chi connectivity index (χ0v) is 9.85. The first-order valence-electron chi connectivity index (χ1n) is 5.18. The van der Waals surface area contributed by atoms with Crippen LogP contribution in [-0.4, -0.2) is 24.1 Å². The van der Waals surface area contributed by atoms with Crippen LogP contribution in [0.4, 0.5) is 4.39 Å². The van der Waals surface area contributed by atoms with E-state index in [0.717, 1.165) is 17.1 Å². The highest BCUT2D eigenvalue weighted by Crippen LogP contribution is 2.24. The van der Waals surface area contributed by atoms with Gasteiger partial charge in [-0.2, -0.15) is 11.8 Å². The Labute approximate surface area is 98.2 Å². The van der Waals surface area contributed by atoms with Crippen LogP contribution >= 0.6 is 11.8 Å². The van der Waals surface area contributed by atoms with Gasteiger partial charge in [0.25, 0.3) is 0 Å². The van der Waals surface area contributed by atoms with E-state index < -0.39 is 11.8 Å². The smallest absolute Gasteiger partial charge is 0.341 e. The second-order valence-electron chi connectivity index (χ2n) is 3.99. The molecule has 1 aliphatic heterocycles. The van der Waals surface area contributed by atoms with Crippen molar-refractivity contribution in [3.63, 3.8) is 0 Å². The van der Waals surface area contributed by atoms with Gasteiger partial charge in [0.1, 0.15) is 5.82 Å². The van der Waals surface area contributed by atoms with Crippen LogP contribution < -0.4 is 0 Å². The lowest BCUT2D eigenvalue weighted by Gasteiger charge is -2.24. The first kappa shape index (κ1) is 11.5. The standard InChI is InChI=1S/C12H13FO2S/c1-8-2-3-10(11(13)4-8)12(14)15-5-9-6-16-7-9/h2-4,9H,5-7H2,1H3. The molecule has 0 N–H and O–H groups in total. The van der Waals surface area contributed by atoms with Gasteiger partial charge in [0, 0.05) is 17.4 Å². The van der Waals surface area contributed by atoms with Crippen molar-refractivity contribution in [1.82, 2.24) is 0 Å². The van der Waals surface area contributed by atoms with Crippen LogP contribution in [0.15, 0.2) is 18.2 Å². The minimum Gasteiger partial charge on any atom is -0.462 e. The molecule has 2 nitrogen and oxygen atoms in total. The Morgan fingerprint density at radius 3 is 2.88 bits per heavy atom. The minimum absolute atomic E-state index is 0.0255. The van der Waals surface area contributed by atoms with Crippen LogP contribution in [0.2, 0.25) is 0 Å². The molecule has 0 atom stereocenters. The number of halogens is 1. The summed E-state index contributed by atoms with van der Waals surface area (Å²) in [6, 6.07) is 4.52. The molecule has 0 unspecified atom stereocenters. The largest absolute Gasteiger partial charge is 0.462 e. The molecule has 1 saturated heterocycles. The summed E-state index contributed by atoms with van der Waals surface area (Å²) in [6.07, 6.45) is 0. The van der Waals surface area contributed by atoms with E-state index in [1.54, 1.807) is 13.0 Å². The maximum Gasteiger partial charge on any atom is 0.341 e. The summed E-state index contributed by atoms with van der Waals surface area (Å²) >= 11 is 1.83. The van der Waals surface area contributed by atoms with Crippen LogP contribution in [-0.2, 0) is 4.74 Å². The van der Waals surface area contributed by atoms with Crippen LogP contribution in [0.25, 0.3) is 0 Å². The number of carbonyl (C=O) groups is 1. The molecular formula is C12H13FO2S. The third-order valence-corrected chi connectivity index (χ3v) is 3.92. The van der Waals surface area contributed by atoms with Crippen LogP contribution in [0, 0.1) is 18.7 Å². The molecule has 1 heterocycles. The van der Waals surface area contributed by atoms with Gasteiger partial charge in [-0.05, 0) is 24.6 Å². The lowest BCUT2D eigenvalue weighted by molar-refractivity contribution is 0.0453. The highest BCUT2D eigenvalue weighted by molar-refractivity contribution is 8.00. The quantitative estimate of drug-likeness (QED) is 0.760. The molecule has 86 valence electrons. The lowest BCUT2D eigenvalue weighted by Crippen LogP contribution is -2.25. The van der Waals surface area contributed by atoms with E-state index in [2.05, 4.69) is 0 Å². The predicted octanol–water partition coefficient (Wildman–Crippen LogP) is 2.65. The van der Waals surface area contributed by atoms with E-state index in [4.69, 9.17) is 4.74 Å². The summed E-state index contributed by atoms with van der Waals surface area (Å²) in [5.41, 5.74) is 0.821. The second kappa shape index (κ2) is 4.87. The van der Waals surface area contributed by atoms with Crippen molar-refractivity contribution in [1.29, 1.82) is 0 Å². The first-order chi connectivity index (χ1) is 7.66. The Morgan fingerprint density at radius 1 is 1.56 bits per heavy atom. The van der Waals surface area contributed by atoms with Crippen molar-refractivity contribution in [2.45, 2.75) is 6.92 Å². The van der Waals surface area contributed by atoms with Gasteiger partial charge in [0.2, 0.25) is 0 Å². The minimum atomic E-state index is -0.561. The number of thioether (sulfide) groups is 1. The number of aryl methyl sites for hydroxylation is 1. The average Bonchev–Trinajstić information content (AvgIpc) is 2.14. The van der Waals surface area contributed by atoms with Gasteiger partial charge in [0.15, 0.2) is 0 Å². The molecule has 1 aromatic rings. The summed E-state index contributed by atoms with van der Waals surface area (Å²) < 4.78 is 18.5. The van der Waals surface area contributed by atoms with Crippen molar-refractivity contribution in [3.05, 3.63) is 35.1 Å². The van der Waals surface area contributed by atoms with Crippen LogP contribution in [0.1, 0.15) is 15.9 Å². The van der Waals surface area contributed by atoms with Crippen molar-refractivity contribution in [2.24, 2.45) is 5.92 Å². The summed E-state index contributed by atoms with van der Waals surface area (Å²) in [4.78, 5) is 11.6. The highest BCUT2D eigenvalue weighted by atomic mass is 32.2. The molecule has 1 fully saturated rings. The fraction of sp³-hybridized carbons (Fsp3) is 0.417. The Morgan fingerprint density at radius 2 is 2.31 bits per heavy atom. The fourth-order valence-electron chi connectivity index (χ4n) is 1.44. The van der Waals surface area contributed by atoms with Crippen LogP contribution in [0.3, 0.4) is 0 Å². The van der Waals surface area contributed by atoms with E-state index in [1.165, 1.54) is 12.1 Å². The van der Waals surface area contributed by atoms with Crippen molar-refractivity contribution in [3.8, 4) is 0 Å². The summed E-state index contributed by atoms with van der Waals surface area (Å²) in [7, 11) is 0. The van der Waals surface area contributed by atoms with E-state index >= 15 is 0 Å². The predicted molar refractivity (Wildman–Crippen MR) is 62.2 cm³/mol. The summed E-state index contributed by atoms with van der Waals surface area (Å²) in [6.45, 7) is 2.18. The van der Waals surface area contributed by atoms with Crippen molar-refractivity contribution < 1.29 is 13.9 Å². The second-order valence-corrected chi connectivity index (χ2v) is 5.06. The van der Waals surface area contributed by atoms with Crippen molar-refractivity contribution >= 4 is 17.7 Å². The zero-order valence-electron chi connectivity index (χ0n) is 9.03. The molecule has 16 heavy (non-hydrogen) atoms. The average molecular weight is 240 g/mol. The Bertz CT molecular complexity index is 402. The molecule has 0 aromatic heterocycles.